The first-order valence-corrected chi connectivity index (χ1v) is 12.4. The molecule has 4 rings (SSSR count). The number of rotatable bonds is 9. The van der Waals surface area contributed by atoms with Gasteiger partial charge in [0.1, 0.15) is 6.23 Å². The van der Waals surface area contributed by atoms with Crippen molar-refractivity contribution in [2.45, 2.75) is 57.7 Å². The number of ketones is 1. The van der Waals surface area contributed by atoms with E-state index >= 15 is 0 Å². The lowest BCUT2D eigenvalue weighted by molar-refractivity contribution is 0.0760. The van der Waals surface area contributed by atoms with Crippen LogP contribution in [-0.4, -0.2) is 36.1 Å². The Morgan fingerprint density at radius 1 is 0.943 bits per heavy atom. The maximum absolute atomic E-state index is 12.6. The van der Waals surface area contributed by atoms with Crippen LogP contribution in [-0.2, 0) is 19.3 Å². The molecule has 182 valence electrons. The van der Waals surface area contributed by atoms with Gasteiger partial charge in [-0.1, -0.05) is 54.6 Å². The molecule has 35 heavy (non-hydrogen) atoms. The van der Waals surface area contributed by atoms with Crippen LogP contribution in [0.2, 0.25) is 0 Å². The molecule has 3 N–H and O–H groups in total. The van der Waals surface area contributed by atoms with Crippen molar-refractivity contribution in [2.75, 3.05) is 7.05 Å². The van der Waals surface area contributed by atoms with E-state index in [4.69, 9.17) is 0 Å². The summed E-state index contributed by atoms with van der Waals surface area (Å²) in [5.74, 6) is -0.254. The second-order valence-corrected chi connectivity index (χ2v) is 9.42. The summed E-state index contributed by atoms with van der Waals surface area (Å²) in [5.41, 5.74) is 7.28. The molecule has 0 radical (unpaired) electrons. The van der Waals surface area contributed by atoms with Gasteiger partial charge in [0.25, 0.3) is 5.91 Å². The fraction of sp³-hybridized carbons (Fsp3) is 0.333. The fourth-order valence-corrected chi connectivity index (χ4v) is 4.73. The van der Waals surface area contributed by atoms with Crippen LogP contribution in [0.3, 0.4) is 0 Å². The van der Waals surface area contributed by atoms with Gasteiger partial charge in [0.05, 0.1) is 0 Å². The number of hydrogen-bond donors (Lipinski definition) is 3. The molecule has 0 heterocycles. The summed E-state index contributed by atoms with van der Waals surface area (Å²) in [6.45, 7) is 1.55. The molecule has 0 saturated heterocycles. The van der Waals surface area contributed by atoms with E-state index in [1.54, 1.807) is 31.2 Å². The lowest BCUT2D eigenvalue weighted by atomic mass is 9.86. The molecular weight excluding hydrogens is 436 g/mol. The van der Waals surface area contributed by atoms with Gasteiger partial charge in [0, 0.05) is 17.2 Å². The summed E-state index contributed by atoms with van der Waals surface area (Å²) < 4.78 is 0. The average molecular weight is 471 g/mol. The second kappa shape index (κ2) is 11.4. The molecule has 0 spiro atoms. The Bertz CT molecular complexity index is 1170. The number of amides is 1. The van der Waals surface area contributed by atoms with E-state index in [2.05, 4.69) is 28.8 Å². The normalized spacial score (nSPS) is 15.8. The maximum atomic E-state index is 12.6. The summed E-state index contributed by atoms with van der Waals surface area (Å²) in [5, 5.41) is 16.4. The molecule has 1 amide bonds. The van der Waals surface area contributed by atoms with E-state index in [0.717, 1.165) is 36.8 Å². The van der Waals surface area contributed by atoms with E-state index in [-0.39, 0.29) is 11.7 Å². The third kappa shape index (κ3) is 6.44. The lowest BCUT2D eigenvalue weighted by Crippen LogP contribution is -2.34. The van der Waals surface area contributed by atoms with Gasteiger partial charge in [-0.05, 0) is 92.4 Å². The van der Waals surface area contributed by atoms with Gasteiger partial charge < -0.3 is 15.7 Å². The molecule has 1 aliphatic rings. The maximum Gasteiger partial charge on any atom is 0.253 e. The third-order valence-electron chi connectivity index (χ3n) is 6.92. The topological polar surface area (TPSA) is 78.4 Å². The lowest BCUT2D eigenvalue weighted by Gasteiger charge is -2.24. The summed E-state index contributed by atoms with van der Waals surface area (Å²) in [6.07, 6.45) is 4.67. The largest absolute Gasteiger partial charge is 0.374 e. The summed E-state index contributed by atoms with van der Waals surface area (Å²) in [6, 6.07) is 22.0. The van der Waals surface area contributed by atoms with E-state index in [1.807, 2.05) is 31.3 Å². The van der Waals surface area contributed by atoms with Crippen molar-refractivity contribution in [3.63, 3.8) is 0 Å². The summed E-state index contributed by atoms with van der Waals surface area (Å²) in [7, 11) is 2.03. The van der Waals surface area contributed by atoms with Gasteiger partial charge in [0.2, 0.25) is 0 Å². The highest BCUT2D eigenvalue weighted by Crippen LogP contribution is 2.24. The average Bonchev–Trinajstić information content (AvgIpc) is 2.88. The highest BCUT2D eigenvalue weighted by molar-refractivity contribution is 5.95. The number of aliphatic hydroxyl groups is 1. The van der Waals surface area contributed by atoms with Crippen molar-refractivity contribution in [3.05, 3.63) is 94.5 Å². The molecule has 5 heteroatoms. The quantitative estimate of drug-likeness (QED) is 0.313. The highest BCUT2D eigenvalue weighted by Gasteiger charge is 2.17. The highest BCUT2D eigenvalue weighted by atomic mass is 16.3. The van der Waals surface area contributed by atoms with Crippen LogP contribution in [0.5, 0.6) is 0 Å². The molecule has 0 bridgehead atoms. The number of aliphatic hydroxyl groups excluding tert-OH is 1. The van der Waals surface area contributed by atoms with Gasteiger partial charge >= 0.3 is 0 Å². The summed E-state index contributed by atoms with van der Waals surface area (Å²) >= 11 is 0. The second-order valence-electron chi connectivity index (χ2n) is 9.42. The molecule has 2 atom stereocenters. The number of fused-ring (bicyclic) bond motifs is 1. The Hall–Kier alpha value is -3.28. The number of aryl methyl sites for hydroxylation is 2. The zero-order chi connectivity index (χ0) is 24.8. The third-order valence-corrected chi connectivity index (χ3v) is 6.92. The number of benzene rings is 3. The van der Waals surface area contributed by atoms with E-state index in [9.17, 15) is 14.7 Å². The van der Waals surface area contributed by atoms with Crippen LogP contribution in [0.25, 0.3) is 11.1 Å². The molecule has 0 aromatic heterocycles. The van der Waals surface area contributed by atoms with Crippen LogP contribution >= 0.6 is 0 Å². The Balaban J connectivity index is 1.26. The van der Waals surface area contributed by atoms with Crippen molar-refractivity contribution >= 4 is 11.7 Å². The monoisotopic (exact) mass is 470 g/mol. The fourth-order valence-electron chi connectivity index (χ4n) is 4.73. The first kappa shape index (κ1) is 24.8. The first-order chi connectivity index (χ1) is 16.9. The Morgan fingerprint density at radius 2 is 1.60 bits per heavy atom. The molecule has 1 aliphatic carbocycles. The predicted molar refractivity (Wildman–Crippen MR) is 140 cm³/mol. The number of Topliss-reactive ketones (excluding diaryl/α,β-unsaturated/α-hetero) is 1. The SMILES string of the molecule is CN[C@H]1CCc2ccc(CCCC(O)NC(=O)c3ccc(-c4ccc(C(C)=O)cc4)cc3)cc2C1. The number of hydrogen-bond acceptors (Lipinski definition) is 4. The minimum atomic E-state index is -0.882. The van der Waals surface area contributed by atoms with E-state index < -0.39 is 6.23 Å². The molecule has 0 aliphatic heterocycles. The molecule has 3 aromatic carbocycles. The molecule has 0 fully saturated rings. The minimum Gasteiger partial charge on any atom is -0.374 e. The Morgan fingerprint density at radius 3 is 2.23 bits per heavy atom. The Kier molecular flexibility index (Phi) is 8.11. The predicted octanol–water partition coefficient (Wildman–Crippen LogP) is 4.70. The molecule has 3 aromatic rings. The van der Waals surface area contributed by atoms with Gasteiger partial charge in [-0.15, -0.1) is 0 Å². The minimum absolute atomic E-state index is 0.0347. The van der Waals surface area contributed by atoms with Crippen molar-refractivity contribution in [1.82, 2.24) is 10.6 Å². The number of carbonyl (C=O) groups excluding carboxylic acids is 2. The van der Waals surface area contributed by atoms with Gasteiger partial charge in [-0.3, -0.25) is 9.59 Å². The first-order valence-electron chi connectivity index (χ1n) is 12.4. The molecule has 1 unspecified atom stereocenters. The Labute approximate surface area is 207 Å². The molecular formula is C30H34N2O3. The number of nitrogens with one attached hydrogen (secondary N) is 2. The number of carbonyl (C=O) groups is 2. The van der Waals surface area contributed by atoms with E-state index in [1.165, 1.54) is 23.1 Å². The van der Waals surface area contributed by atoms with E-state index in [0.29, 0.717) is 23.6 Å². The molecule has 5 nitrogen and oxygen atoms in total. The van der Waals surface area contributed by atoms with Crippen molar-refractivity contribution < 1.29 is 14.7 Å². The zero-order valence-electron chi connectivity index (χ0n) is 20.5. The van der Waals surface area contributed by atoms with Crippen LogP contribution in [0, 0.1) is 0 Å². The number of likely N-dealkylation sites (N-methyl/N-ethyl adjacent to an activating group) is 1. The smallest absolute Gasteiger partial charge is 0.253 e. The summed E-state index contributed by atoms with van der Waals surface area (Å²) in [4.78, 5) is 24.0. The molecule has 0 saturated carbocycles. The van der Waals surface area contributed by atoms with Crippen LogP contribution in [0.4, 0.5) is 0 Å². The van der Waals surface area contributed by atoms with Crippen molar-refractivity contribution in [2.24, 2.45) is 0 Å². The van der Waals surface area contributed by atoms with Crippen LogP contribution < -0.4 is 10.6 Å². The van der Waals surface area contributed by atoms with Crippen molar-refractivity contribution in [1.29, 1.82) is 0 Å². The van der Waals surface area contributed by atoms with Crippen molar-refractivity contribution in [3.8, 4) is 11.1 Å². The van der Waals surface area contributed by atoms with Crippen LogP contribution in [0.1, 0.15) is 63.6 Å². The van der Waals surface area contributed by atoms with Gasteiger partial charge in [0.15, 0.2) is 5.78 Å². The zero-order valence-corrected chi connectivity index (χ0v) is 20.5. The standard InChI is InChI=1S/C30H34N2O3/c1-20(33)22-8-10-23(11-9-22)24-12-14-26(15-13-24)30(35)32-29(34)5-3-4-21-6-7-25-16-17-28(31-2)19-27(25)18-21/h6-15,18,28-29,31,34H,3-5,16-17,19H2,1-2H3,(H,32,35)/t28-,29?/m0/s1. The van der Waals surface area contributed by atoms with Crippen LogP contribution in [0.15, 0.2) is 66.7 Å². The van der Waals surface area contributed by atoms with Gasteiger partial charge in [-0.2, -0.15) is 0 Å². The van der Waals surface area contributed by atoms with Gasteiger partial charge in [-0.25, -0.2) is 0 Å².